The van der Waals surface area contributed by atoms with Crippen LogP contribution in [0, 0.1) is 3.70 Å². The van der Waals surface area contributed by atoms with Gasteiger partial charge in [0.1, 0.15) is 3.70 Å². The van der Waals surface area contributed by atoms with Crippen LogP contribution >= 0.6 is 54.5 Å². The van der Waals surface area contributed by atoms with E-state index >= 15 is 0 Å². The lowest BCUT2D eigenvalue weighted by molar-refractivity contribution is 1.08. The van der Waals surface area contributed by atoms with Crippen LogP contribution in [0.5, 0.6) is 0 Å². The zero-order valence-corrected chi connectivity index (χ0v) is 15.6. The van der Waals surface area contributed by atoms with Crippen LogP contribution in [0.3, 0.4) is 0 Å². The Bertz CT molecular complexity index is 903. The fourth-order valence-electron chi connectivity index (χ4n) is 1.65. The minimum Gasteiger partial charge on any atom is -0.269 e. The van der Waals surface area contributed by atoms with E-state index in [1.807, 2.05) is 12.1 Å². The highest BCUT2D eigenvalue weighted by Gasteiger charge is 2.02. The molecule has 0 saturated heterocycles. The summed E-state index contributed by atoms with van der Waals surface area (Å²) in [5.74, 6) is 0. The van der Waals surface area contributed by atoms with Crippen molar-refractivity contribution in [1.29, 1.82) is 0 Å². The molecule has 0 unspecified atom stereocenters. The number of aromatic amines is 2. The molecule has 0 spiro atoms. The molecule has 0 aromatic carbocycles. The number of H-pyrrole nitrogens is 2. The molecule has 0 bridgehead atoms. The predicted octanol–water partition coefficient (Wildman–Crippen LogP) is 4.05. The molecule has 0 saturated carbocycles. The van der Waals surface area contributed by atoms with E-state index in [0.29, 0.717) is 0 Å². The smallest absolute Gasteiger partial charge is 0.182 e. The van der Waals surface area contributed by atoms with Crippen LogP contribution in [-0.2, 0) is 0 Å². The maximum atomic E-state index is 4.11. The van der Waals surface area contributed by atoms with Crippen LogP contribution in [-0.4, -0.2) is 30.4 Å². The molecule has 0 amide bonds. The number of nitrogens with one attached hydrogen (secondary N) is 2. The molecule has 106 valence electrons. The van der Waals surface area contributed by atoms with Crippen molar-refractivity contribution in [3.05, 3.63) is 43.4 Å². The Morgan fingerprint density at radius 2 is 1.71 bits per heavy atom. The molecule has 4 rings (SSSR count). The van der Waals surface area contributed by atoms with E-state index in [1.54, 1.807) is 18.6 Å². The van der Waals surface area contributed by atoms with Crippen LogP contribution in [0.2, 0.25) is 0 Å². The second-order valence-electron chi connectivity index (χ2n) is 4.02. The second-order valence-corrected chi connectivity index (χ2v) is 6.93. The lowest BCUT2D eigenvalue weighted by Crippen LogP contribution is -1.75. The van der Waals surface area contributed by atoms with Gasteiger partial charge in [0.2, 0.25) is 0 Å². The number of hydrogen-bond acceptors (Lipinski definition) is 4. The van der Waals surface area contributed by atoms with Crippen LogP contribution in [0.1, 0.15) is 0 Å². The molecule has 0 fully saturated rings. The fraction of sp³-hybridized carbons (Fsp3) is 0. The molecule has 0 aliphatic rings. The van der Waals surface area contributed by atoms with Crippen LogP contribution < -0.4 is 0 Å². The number of rotatable bonds is 0. The summed E-state index contributed by atoms with van der Waals surface area (Å²) in [5.41, 5.74) is 1.58. The monoisotopic (exact) mass is 520 g/mol. The van der Waals surface area contributed by atoms with Gasteiger partial charge in [0.25, 0.3) is 0 Å². The molecule has 0 aliphatic carbocycles. The highest BCUT2D eigenvalue weighted by atomic mass is 127. The number of fused-ring (bicyclic) bond motifs is 2. The van der Waals surface area contributed by atoms with Gasteiger partial charge in [0, 0.05) is 26.7 Å². The van der Waals surface area contributed by atoms with Crippen molar-refractivity contribution in [3.63, 3.8) is 0 Å². The van der Waals surface area contributed by atoms with Gasteiger partial charge in [0.05, 0.1) is 11.6 Å². The van der Waals surface area contributed by atoms with Crippen molar-refractivity contribution in [2.75, 3.05) is 0 Å². The summed E-state index contributed by atoms with van der Waals surface area (Å²) in [5, 5.41) is 15.5. The van der Waals surface area contributed by atoms with Crippen molar-refractivity contribution >= 4 is 76.5 Å². The summed E-state index contributed by atoms with van der Waals surface area (Å²) >= 11 is 8.85. The Morgan fingerprint density at radius 1 is 0.952 bits per heavy atom. The molecular weight excluding hydrogens is 515 g/mol. The van der Waals surface area contributed by atoms with Gasteiger partial charge in [-0.05, 0) is 66.6 Å². The molecular formula is C12H7Br2IN6. The standard InChI is InChI=1S/C6H3BrIN3.C6H4BrN3/c7-3-1-4-5(8)10-11-6(4)9-2-3;7-5-1-4-2-9-10-6(4)8-3-5/h1-2H,(H,9,10,11);1-3H,(H,8,9,10). The maximum Gasteiger partial charge on any atom is 0.182 e. The first-order valence-corrected chi connectivity index (χ1v) is 8.40. The highest BCUT2D eigenvalue weighted by Crippen LogP contribution is 2.19. The summed E-state index contributed by atoms with van der Waals surface area (Å²) in [7, 11) is 0. The van der Waals surface area contributed by atoms with Gasteiger partial charge < -0.3 is 0 Å². The van der Waals surface area contributed by atoms with Gasteiger partial charge in [-0.2, -0.15) is 10.2 Å². The average Bonchev–Trinajstić information content (AvgIpc) is 3.06. The maximum absolute atomic E-state index is 4.11. The third kappa shape index (κ3) is 3.40. The van der Waals surface area contributed by atoms with Crippen LogP contribution in [0.15, 0.2) is 39.7 Å². The molecule has 9 heteroatoms. The summed E-state index contributed by atoms with van der Waals surface area (Å²) in [6.07, 6.45) is 5.22. The Morgan fingerprint density at radius 3 is 2.57 bits per heavy atom. The zero-order chi connectivity index (χ0) is 14.8. The molecule has 6 nitrogen and oxygen atoms in total. The first-order valence-electron chi connectivity index (χ1n) is 5.73. The Hall–Kier alpha value is -1.07. The van der Waals surface area contributed by atoms with E-state index in [9.17, 15) is 0 Å². The van der Waals surface area contributed by atoms with Gasteiger partial charge in [-0.1, -0.05) is 0 Å². The van der Waals surface area contributed by atoms with Gasteiger partial charge in [0.15, 0.2) is 11.3 Å². The molecule has 0 atom stereocenters. The van der Waals surface area contributed by atoms with Crippen molar-refractivity contribution in [2.45, 2.75) is 0 Å². The summed E-state index contributed by atoms with van der Waals surface area (Å²) in [6.45, 7) is 0. The average molecular weight is 522 g/mol. The number of aromatic nitrogens is 6. The fourth-order valence-corrected chi connectivity index (χ4v) is 2.85. The molecule has 4 aromatic heterocycles. The summed E-state index contributed by atoms with van der Waals surface area (Å²) in [6, 6.07) is 3.96. The molecule has 21 heavy (non-hydrogen) atoms. The first kappa shape index (κ1) is 14.9. The largest absolute Gasteiger partial charge is 0.269 e. The summed E-state index contributed by atoms with van der Waals surface area (Å²) < 4.78 is 2.97. The number of hydrogen-bond donors (Lipinski definition) is 2. The van der Waals surface area contributed by atoms with Crippen LogP contribution in [0.25, 0.3) is 22.1 Å². The van der Waals surface area contributed by atoms with Gasteiger partial charge in [-0.15, -0.1) is 0 Å². The zero-order valence-electron chi connectivity index (χ0n) is 10.3. The van der Waals surface area contributed by atoms with E-state index in [2.05, 4.69) is 84.8 Å². The molecule has 4 aromatic rings. The number of pyridine rings is 2. The minimum absolute atomic E-state index is 0.762. The predicted molar refractivity (Wildman–Crippen MR) is 95.9 cm³/mol. The van der Waals surface area contributed by atoms with Gasteiger partial charge in [-0.3, -0.25) is 10.2 Å². The third-order valence-corrected chi connectivity index (χ3v) is 4.28. The van der Waals surface area contributed by atoms with Crippen molar-refractivity contribution < 1.29 is 0 Å². The first-order chi connectivity index (χ1) is 10.1. The number of halogens is 3. The lowest BCUT2D eigenvalue weighted by Gasteiger charge is -1.88. The number of nitrogens with zero attached hydrogens (tertiary/aromatic N) is 4. The Kier molecular flexibility index (Phi) is 4.50. The molecule has 0 radical (unpaired) electrons. The van der Waals surface area contributed by atoms with E-state index in [-0.39, 0.29) is 0 Å². The van der Waals surface area contributed by atoms with E-state index in [0.717, 1.165) is 34.7 Å². The Labute approximate surface area is 149 Å². The second kappa shape index (κ2) is 6.36. The van der Waals surface area contributed by atoms with E-state index in [1.165, 1.54) is 0 Å². The van der Waals surface area contributed by atoms with E-state index in [4.69, 9.17) is 0 Å². The quantitative estimate of drug-likeness (QED) is 0.342. The molecule has 0 aliphatic heterocycles. The van der Waals surface area contributed by atoms with Crippen molar-refractivity contribution in [2.24, 2.45) is 0 Å². The lowest BCUT2D eigenvalue weighted by atomic mass is 10.4. The van der Waals surface area contributed by atoms with Crippen LogP contribution in [0.4, 0.5) is 0 Å². The molecule has 4 heterocycles. The normalized spacial score (nSPS) is 10.6. The highest BCUT2D eigenvalue weighted by molar-refractivity contribution is 14.1. The van der Waals surface area contributed by atoms with Gasteiger partial charge >= 0.3 is 0 Å². The van der Waals surface area contributed by atoms with Crippen molar-refractivity contribution in [3.8, 4) is 0 Å². The third-order valence-electron chi connectivity index (χ3n) is 2.59. The topological polar surface area (TPSA) is 83.1 Å². The van der Waals surface area contributed by atoms with Gasteiger partial charge in [-0.25, -0.2) is 9.97 Å². The molecule has 2 N–H and O–H groups in total. The minimum atomic E-state index is 0.762. The SMILES string of the molecule is Brc1cnc2[nH]ncc2c1.Brc1cnc2n[nH]c(I)c2c1. The van der Waals surface area contributed by atoms with Crippen molar-refractivity contribution in [1.82, 2.24) is 30.4 Å². The van der Waals surface area contributed by atoms with E-state index < -0.39 is 0 Å². The summed E-state index contributed by atoms with van der Waals surface area (Å²) in [4.78, 5) is 8.18. The Balaban J connectivity index is 0.000000126.